The number of aryl methyl sites for hydroxylation is 1. The number of aromatic nitrogens is 4. The Kier molecular flexibility index (Phi) is 5.55. The fraction of sp³-hybridized carbons (Fsp3) is 0.364. The Morgan fingerprint density at radius 2 is 1.79 bits per heavy atom. The molecule has 7 heteroatoms. The summed E-state index contributed by atoms with van der Waals surface area (Å²) in [6.45, 7) is 2.78. The molecule has 1 saturated carbocycles. The third-order valence-corrected chi connectivity index (χ3v) is 5.17. The second kappa shape index (κ2) is 8.43. The van der Waals surface area contributed by atoms with Crippen LogP contribution in [-0.2, 0) is 24.3 Å². The molecule has 1 aromatic heterocycles. The quantitative estimate of drug-likeness (QED) is 0.590. The van der Waals surface area contributed by atoms with Crippen molar-refractivity contribution in [1.29, 1.82) is 0 Å². The summed E-state index contributed by atoms with van der Waals surface area (Å²) in [7, 11) is 1.65. The van der Waals surface area contributed by atoms with E-state index >= 15 is 0 Å². The van der Waals surface area contributed by atoms with E-state index in [-0.39, 0.29) is 12.5 Å². The van der Waals surface area contributed by atoms with Crippen molar-refractivity contribution in [3.05, 3.63) is 59.7 Å². The summed E-state index contributed by atoms with van der Waals surface area (Å²) in [6.07, 6.45) is 3.07. The van der Waals surface area contributed by atoms with Crippen molar-refractivity contribution in [2.45, 2.75) is 45.3 Å². The Morgan fingerprint density at radius 3 is 2.41 bits per heavy atom. The Labute approximate surface area is 170 Å². The van der Waals surface area contributed by atoms with E-state index < -0.39 is 0 Å². The van der Waals surface area contributed by atoms with E-state index in [2.05, 4.69) is 34.5 Å². The monoisotopic (exact) mass is 391 g/mol. The van der Waals surface area contributed by atoms with Gasteiger partial charge in [-0.25, -0.2) is 0 Å². The molecule has 0 N–H and O–H groups in total. The van der Waals surface area contributed by atoms with Gasteiger partial charge < -0.3 is 9.64 Å². The van der Waals surface area contributed by atoms with Gasteiger partial charge in [-0.15, -0.1) is 10.2 Å². The molecule has 3 aromatic rings. The predicted octanol–water partition coefficient (Wildman–Crippen LogP) is 3.10. The van der Waals surface area contributed by atoms with Gasteiger partial charge in [0.2, 0.25) is 11.7 Å². The van der Waals surface area contributed by atoms with E-state index in [0.29, 0.717) is 18.4 Å². The number of rotatable bonds is 8. The number of hydrogen-bond donors (Lipinski definition) is 0. The van der Waals surface area contributed by atoms with Crippen LogP contribution in [0.3, 0.4) is 0 Å². The van der Waals surface area contributed by atoms with Gasteiger partial charge in [0.1, 0.15) is 12.3 Å². The first-order chi connectivity index (χ1) is 14.2. The van der Waals surface area contributed by atoms with Crippen molar-refractivity contribution >= 4 is 5.91 Å². The number of tetrazole rings is 1. The molecule has 0 spiro atoms. The third-order valence-electron chi connectivity index (χ3n) is 5.17. The number of benzene rings is 2. The maximum atomic E-state index is 12.9. The molecule has 0 atom stereocenters. The molecule has 4 rings (SSSR count). The van der Waals surface area contributed by atoms with Crippen molar-refractivity contribution in [1.82, 2.24) is 25.1 Å². The number of amides is 1. The lowest BCUT2D eigenvalue weighted by Crippen LogP contribution is -2.35. The van der Waals surface area contributed by atoms with Crippen molar-refractivity contribution in [3.63, 3.8) is 0 Å². The minimum Gasteiger partial charge on any atom is -0.497 e. The van der Waals surface area contributed by atoms with Gasteiger partial charge in [-0.05, 0) is 47.7 Å². The molecule has 0 radical (unpaired) electrons. The number of hydrogen-bond acceptors (Lipinski definition) is 5. The first-order valence-corrected chi connectivity index (χ1v) is 9.95. The molecule has 0 unspecified atom stereocenters. The van der Waals surface area contributed by atoms with Gasteiger partial charge in [0.05, 0.1) is 7.11 Å². The van der Waals surface area contributed by atoms with Gasteiger partial charge >= 0.3 is 0 Å². The topological polar surface area (TPSA) is 73.1 Å². The van der Waals surface area contributed by atoms with Gasteiger partial charge in [-0.3, -0.25) is 4.79 Å². The van der Waals surface area contributed by atoms with E-state index in [4.69, 9.17) is 4.74 Å². The van der Waals surface area contributed by atoms with Crippen molar-refractivity contribution in [3.8, 4) is 17.1 Å². The minimum atomic E-state index is 0.00796. The van der Waals surface area contributed by atoms with Gasteiger partial charge in [0, 0.05) is 18.2 Å². The van der Waals surface area contributed by atoms with Crippen LogP contribution in [-0.4, -0.2) is 44.2 Å². The van der Waals surface area contributed by atoms with Crippen LogP contribution in [0.25, 0.3) is 11.4 Å². The standard InChI is InChI=1S/C22H25N5O2/c1-3-16-4-8-18(9-5-16)22-23-25-27(24-22)15-21(28)26(19-10-11-19)14-17-6-12-20(29-2)13-7-17/h4-9,12-13,19H,3,10-11,14-15H2,1-2H3. The molecule has 7 nitrogen and oxygen atoms in total. The Bertz CT molecular complexity index is 962. The highest BCUT2D eigenvalue weighted by atomic mass is 16.5. The van der Waals surface area contributed by atoms with Crippen LogP contribution in [0.1, 0.15) is 30.9 Å². The molecule has 0 aliphatic heterocycles. The van der Waals surface area contributed by atoms with Gasteiger partial charge in [0.25, 0.3) is 0 Å². The zero-order chi connectivity index (χ0) is 20.2. The van der Waals surface area contributed by atoms with Crippen molar-refractivity contribution in [2.24, 2.45) is 0 Å². The first-order valence-electron chi connectivity index (χ1n) is 9.95. The number of methoxy groups -OCH3 is 1. The molecule has 150 valence electrons. The van der Waals surface area contributed by atoms with E-state index in [1.165, 1.54) is 10.4 Å². The zero-order valence-corrected chi connectivity index (χ0v) is 16.8. The van der Waals surface area contributed by atoms with Crippen LogP contribution in [0.5, 0.6) is 5.75 Å². The molecular formula is C22H25N5O2. The minimum absolute atomic E-state index is 0.00796. The Hall–Kier alpha value is -3.22. The predicted molar refractivity (Wildman–Crippen MR) is 109 cm³/mol. The summed E-state index contributed by atoms with van der Waals surface area (Å²) >= 11 is 0. The summed E-state index contributed by atoms with van der Waals surface area (Å²) in [6, 6.07) is 16.2. The van der Waals surface area contributed by atoms with Crippen molar-refractivity contribution < 1.29 is 9.53 Å². The van der Waals surface area contributed by atoms with Gasteiger partial charge in [0.15, 0.2) is 0 Å². The van der Waals surface area contributed by atoms with Crippen LogP contribution in [0.15, 0.2) is 48.5 Å². The largest absolute Gasteiger partial charge is 0.497 e. The summed E-state index contributed by atoms with van der Waals surface area (Å²) in [5.74, 6) is 1.35. The summed E-state index contributed by atoms with van der Waals surface area (Å²) < 4.78 is 5.20. The highest BCUT2D eigenvalue weighted by Crippen LogP contribution is 2.29. The highest BCUT2D eigenvalue weighted by Gasteiger charge is 2.32. The van der Waals surface area contributed by atoms with Gasteiger partial charge in [-0.1, -0.05) is 43.3 Å². The summed E-state index contributed by atoms with van der Waals surface area (Å²) in [5, 5.41) is 12.6. The summed E-state index contributed by atoms with van der Waals surface area (Å²) in [4.78, 5) is 16.2. The fourth-order valence-corrected chi connectivity index (χ4v) is 3.26. The molecule has 29 heavy (non-hydrogen) atoms. The van der Waals surface area contributed by atoms with E-state index in [1.807, 2.05) is 41.3 Å². The Balaban J connectivity index is 1.43. The molecular weight excluding hydrogens is 366 g/mol. The number of nitrogens with zero attached hydrogens (tertiary/aromatic N) is 5. The molecule has 1 aliphatic rings. The van der Waals surface area contributed by atoms with Crippen LogP contribution < -0.4 is 4.74 Å². The van der Waals surface area contributed by atoms with E-state index in [0.717, 1.165) is 36.1 Å². The lowest BCUT2D eigenvalue weighted by molar-refractivity contribution is -0.133. The highest BCUT2D eigenvalue weighted by molar-refractivity contribution is 5.76. The van der Waals surface area contributed by atoms with E-state index in [9.17, 15) is 4.79 Å². The van der Waals surface area contributed by atoms with Crippen molar-refractivity contribution in [2.75, 3.05) is 7.11 Å². The number of ether oxygens (including phenoxy) is 1. The zero-order valence-electron chi connectivity index (χ0n) is 16.8. The fourth-order valence-electron chi connectivity index (χ4n) is 3.26. The van der Waals surface area contributed by atoms with Crippen LogP contribution in [0, 0.1) is 0 Å². The van der Waals surface area contributed by atoms with Crippen LogP contribution in [0.2, 0.25) is 0 Å². The van der Waals surface area contributed by atoms with Crippen LogP contribution >= 0.6 is 0 Å². The van der Waals surface area contributed by atoms with E-state index in [1.54, 1.807) is 7.11 Å². The Morgan fingerprint density at radius 1 is 1.10 bits per heavy atom. The van der Waals surface area contributed by atoms with Gasteiger partial charge in [-0.2, -0.15) is 4.80 Å². The molecule has 1 aliphatic carbocycles. The number of carbonyl (C=O) groups excluding carboxylic acids is 1. The van der Waals surface area contributed by atoms with Crippen LogP contribution in [0.4, 0.5) is 0 Å². The molecule has 1 fully saturated rings. The molecule has 0 saturated heterocycles. The molecule has 0 bridgehead atoms. The second-order valence-electron chi connectivity index (χ2n) is 7.29. The smallest absolute Gasteiger partial charge is 0.246 e. The molecule has 1 heterocycles. The lowest BCUT2D eigenvalue weighted by atomic mass is 10.1. The molecule has 2 aromatic carbocycles. The number of carbonyl (C=O) groups is 1. The second-order valence-corrected chi connectivity index (χ2v) is 7.29. The maximum Gasteiger partial charge on any atom is 0.246 e. The maximum absolute atomic E-state index is 12.9. The lowest BCUT2D eigenvalue weighted by Gasteiger charge is -2.22. The SMILES string of the molecule is CCc1ccc(-c2nnn(CC(=O)N(Cc3ccc(OC)cc3)C3CC3)n2)cc1. The third kappa shape index (κ3) is 4.62. The average Bonchev–Trinajstić information content (AvgIpc) is 3.50. The average molecular weight is 391 g/mol. The molecule has 1 amide bonds. The normalized spacial score (nSPS) is 13.3. The summed E-state index contributed by atoms with van der Waals surface area (Å²) in [5.41, 5.74) is 3.24. The first kappa shape index (κ1) is 19.1.